The second-order valence-electron chi connectivity index (χ2n) is 13.6. The number of fused-ring (bicyclic) bond motifs is 4. The van der Waals surface area contributed by atoms with Crippen molar-refractivity contribution >= 4 is 32.3 Å². The monoisotopic (exact) mass is 687 g/mol. The van der Waals surface area contributed by atoms with Gasteiger partial charge in [-0.25, -0.2) is 15.0 Å². The predicted octanol–water partition coefficient (Wildman–Crippen LogP) is 13.3. The molecule has 0 amide bonds. The van der Waals surface area contributed by atoms with E-state index in [1.54, 1.807) is 0 Å². The molecule has 0 saturated carbocycles. The number of hydrogen-bond acceptors (Lipinski definition) is 3. The summed E-state index contributed by atoms with van der Waals surface area (Å²) in [6.45, 7) is 0. The maximum absolute atomic E-state index is 5.05. The van der Waals surface area contributed by atoms with Crippen LogP contribution in [-0.2, 0) is 0 Å². The third kappa shape index (κ3) is 5.78. The fourth-order valence-corrected chi connectivity index (χ4v) is 7.58. The predicted molar refractivity (Wildman–Crippen MR) is 225 cm³/mol. The van der Waals surface area contributed by atoms with Gasteiger partial charge in [0.1, 0.15) is 0 Å². The largest absolute Gasteiger partial charge is 0.208 e. The Bertz CT molecular complexity index is 2950. The first-order chi connectivity index (χ1) is 26.7. The summed E-state index contributed by atoms with van der Waals surface area (Å²) in [6, 6.07) is 70.7. The molecule has 0 unspecified atom stereocenters. The minimum atomic E-state index is 0.637. The SMILES string of the molecule is c1ccc(-c2ccc(-c3nc(-c4ccccc4)nc(-c4ccc(-c5c(-c6ccc7c(ccc8ccccc87)c6)ccc6ccccc56)cc4)n3)cc2)cc1. The van der Waals surface area contributed by atoms with Gasteiger partial charge in [0.15, 0.2) is 17.5 Å². The maximum atomic E-state index is 5.05. The van der Waals surface area contributed by atoms with E-state index in [0.29, 0.717) is 17.5 Å². The van der Waals surface area contributed by atoms with Crippen molar-refractivity contribution in [2.45, 2.75) is 0 Å². The van der Waals surface area contributed by atoms with Crippen molar-refractivity contribution in [3.05, 3.63) is 200 Å². The molecule has 0 aliphatic carbocycles. The molecule has 0 atom stereocenters. The molecule has 0 aliphatic rings. The van der Waals surface area contributed by atoms with E-state index in [-0.39, 0.29) is 0 Å². The Morgan fingerprint density at radius 1 is 0.241 bits per heavy atom. The molecular weight excluding hydrogens is 655 g/mol. The fraction of sp³-hybridized carbons (Fsp3) is 0. The Morgan fingerprint density at radius 3 is 1.30 bits per heavy atom. The molecule has 3 heteroatoms. The second-order valence-corrected chi connectivity index (χ2v) is 13.6. The average Bonchev–Trinajstić information content (AvgIpc) is 3.26. The Labute approximate surface area is 313 Å². The summed E-state index contributed by atoms with van der Waals surface area (Å²) >= 11 is 0. The van der Waals surface area contributed by atoms with E-state index in [0.717, 1.165) is 27.8 Å². The summed E-state index contributed by atoms with van der Waals surface area (Å²) in [7, 11) is 0. The van der Waals surface area contributed by atoms with Gasteiger partial charge < -0.3 is 0 Å². The highest BCUT2D eigenvalue weighted by Gasteiger charge is 2.16. The Morgan fingerprint density at radius 2 is 0.648 bits per heavy atom. The van der Waals surface area contributed by atoms with Crippen LogP contribution in [0.1, 0.15) is 0 Å². The molecule has 0 fully saturated rings. The molecule has 9 aromatic carbocycles. The molecule has 54 heavy (non-hydrogen) atoms. The second kappa shape index (κ2) is 13.4. The number of hydrogen-bond donors (Lipinski definition) is 0. The van der Waals surface area contributed by atoms with Crippen LogP contribution in [0.4, 0.5) is 0 Å². The Balaban J connectivity index is 1.07. The third-order valence-corrected chi connectivity index (χ3v) is 10.3. The summed E-state index contributed by atoms with van der Waals surface area (Å²) in [4.78, 5) is 15.0. The van der Waals surface area contributed by atoms with Gasteiger partial charge in [-0.05, 0) is 71.8 Å². The number of nitrogens with zero attached hydrogens (tertiary/aromatic N) is 3. The van der Waals surface area contributed by atoms with Crippen molar-refractivity contribution in [3.8, 4) is 67.5 Å². The van der Waals surface area contributed by atoms with Crippen LogP contribution in [0, 0.1) is 0 Å². The number of aromatic nitrogens is 3. The van der Waals surface area contributed by atoms with Crippen LogP contribution in [0.5, 0.6) is 0 Å². The van der Waals surface area contributed by atoms with Crippen molar-refractivity contribution < 1.29 is 0 Å². The van der Waals surface area contributed by atoms with Gasteiger partial charge in [-0.3, -0.25) is 0 Å². The highest BCUT2D eigenvalue weighted by molar-refractivity contribution is 6.10. The lowest BCUT2D eigenvalue weighted by atomic mass is 9.88. The van der Waals surface area contributed by atoms with Crippen LogP contribution in [-0.4, -0.2) is 15.0 Å². The summed E-state index contributed by atoms with van der Waals surface area (Å²) in [5.41, 5.74) is 9.88. The molecule has 0 saturated heterocycles. The van der Waals surface area contributed by atoms with Crippen molar-refractivity contribution in [1.82, 2.24) is 15.0 Å². The van der Waals surface area contributed by atoms with E-state index in [4.69, 9.17) is 15.0 Å². The molecule has 0 aliphatic heterocycles. The number of benzene rings is 9. The molecule has 10 aromatic rings. The third-order valence-electron chi connectivity index (χ3n) is 10.3. The molecule has 0 radical (unpaired) electrons. The van der Waals surface area contributed by atoms with E-state index >= 15 is 0 Å². The zero-order valence-electron chi connectivity index (χ0n) is 29.4. The van der Waals surface area contributed by atoms with E-state index in [1.165, 1.54) is 54.6 Å². The van der Waals surface area contributed by atoms with Crippen molar-refractivity contribution in [3.63, 3.8) is 0 Å². The summed E-state index contributed by atoms with van der Waals surface area (Å²) < 4.78 is 0. The molecule has 1 heterocycles. The zero-order valence-corrected chi connectivity index (χ0v) is 29.4. The molecule has 252 valence electrons. The van der Waals surface area contributed by atoms with Crippen molar-refractivity contribution in [2.24, 2.45) is 0 Å². The molecule has 0 N–H and O–H groups in total. The Kier molecular flexibility index (Phi) is 7.81. The number of rotatable bonds is 6. The Hall–Kier alpha value is -7.23. The lowest BCUT2D eigenvalue weighted by Crippen LogP contribution is -2.00. The van der Waals surface area contributed by atoms with Crippen LogP contribution in [0.25, 0.3) is 99.9 Å². The van der Waals surface area contributed by atoms with Gasteiger partial charge in [0.2, 0.25) is 0 Å². The van der Waals surface area contributed by atoms with Gasteiger partial charge in [0.25, 0.3) is 0 Å². The minimum absolute atomic E-state index is 0.637. The van der Waals surface area contributed by atoms with Crippen LogP contribution in [0.2, 0.25) is 0 Å². The minimum Gasteiger partial charge on any atom is -0.208 e. The summed E-state index contributed by atoms with van der Waals surface area (Å²) in [5, 5.41) is 7.45. The molecular formula is C51H33N3. The first-order valence-corrected chi connectivity index (χ1v) is 18.3. The van der Waals surface area contributed by atoms with Gasteiger partial charge in [0, 0.05) is 16.7 Å². The summed E-state index contributed by atoms with van der Waals surface area (Å²) in [6.07, 6.45) is 0. The molecule has 0 spiro atoms. The van der Waals surface area contributed by atoms with Gasteiger partial charge in [-0.1, -0.05) is 194 Å². The zero-order chi connectivity index (χ0) is 35.8. The van der Waals surface area contributed by atoms with Gasteiger partial charge in [0.05, 0.1) is 0 Å². The van der Waals surface area contributed by atoms with E-state index in [2.05, 4.69) is 164 Å². The standard InChI is InChI=1S/C51H33N3/c1-3-11-34(12-4-1)35-19-24-40(25-20-35)50-52-49(39-15-5-2-6-16-39)53-51(54-50)41-26-22-38(23-27-41)48-46-18-10-8-14-37(46)29-32-47(48)43-30-31-45-42(33-43)28-21-36-13-7-9-17-44(36)45/h1-33H. The van der Waals surface area contributed by atoms with Gasteiger partial charge >= 0.3 is 0 Å². The molecule has 0 bridgehead atoms. The van der Waals surface area contributed by atoms with Crippen molar-refractivity contribution in [2.75, 3.05) is 0 Å². The quantitative estimate of drug-likeness (QED) is 0.163. The van der Waals surface area contributed by atoms with Crippen LogP contribution < -0.4 is 0 Å². The van der Waals surface area contributed by atoms with Gasteiger partial charge in [-0.15, -0.1) is 0 Å². The van der Waals surface area contributed by atoms with Crippen LogP contribution in [0.15, 0.2) is 200 Å². The average molecular weight is 688 g/mol. The maximum Gasteiger partial charge on any atom is 0.164 e. The first-order valence-electron chi connectivity index (χ1n) is 18.3. The highest BCUT2D eigenvalue weighted by atomic mass is 15.0. The highest BCUT2D eigenvalue weighted by Crippen LogP contribution is 2.40. The van der Waals surface area contributed by atoms with Crippen LogP contribution >= 0.6 is 0 Å². The van der Waals surface area contributed by atoms with Crippen LogP contribution in [0.3, 0.4) is 0 Å². The molecule has 10 rings (SSSR count). The first kappa shape index (κ1) is 31.5. The van der Waals surface area contributed by atoms with Crippen molar-refractivity contribution in [1.29, 1.82) is 0 Å². The van der Waals surface area contributed by atoms with Gasteiger partial charge in [-0.2, -0.15) is 0 Å². The topological polar surface area (TPSA) is 38.7 Å². The molecule has 1 aromatic heterocycles. The van der Waals surface area contributed by atoms with E-state index in [1.807, 2.05) is 36.4 Å². The smallest absolute Gasteiger partial charge is 0.164 e. The lowest BCUT2D eigenvalue weighted by Gasteiger charge is -2.16. The molecule has 3 nitrogen and oxygen atoms in total. The van der Waals surface area contributed by atoms with E-state index < -0.39 is 0 Å². The summed E-state index contributed by atoms with van der Waals surface area (Å²) in [5.74, 6) is 1.92. The lowest BCUT2D eigenvalue weighted by molar-refractivity contribution is 1.07. The normalized spacial score (nSPS) is 11.3. The fourth-order valence-electron chi connectivity index (χ4n) is 7.58. The van der Waals surface area contributed by atoms with E-state index in [9.17, 15) is 0 Å².